The Morgan fingerprint density at radius 2 is 1.89 bits per heavy atom. The number of benzene rings is 1. The van der Waals surface area contributed by atoms with Crippen molar-refractivity contribution in [3.05, 3.63) is 29.3 Å². The molecule has 0 saturated heterocycles. The lowest BCUT2D eigenvalue weighted by atomic mass is 9.75. The molecule has 3 nitrogen and oxygen atoms in total. The summed E-state index contributed by atoms with van der Waals surface area (Å²) < 4.78 is 0. The van der Waals surface area contributed by atoms with E-state index in [4.69, 9.17) is 5.73 Å². The third kappa shape index (κ3) is 2.93. The number of hydrogen-bond acceptors (Lipinski definition) is 3. The molecule has 1 aromatic rings. The van der Waals surface area contributed by atoms with Crippen molar-refractivity contribution in [2.24, 2.45) is 0 Å². The molecule has 0 radical (unpaired) electrons. The minimum Gasteiger partial charge on any atom is -0.399 e. The predicted octanol–water partition coefficient (Wildman–Crippen LogP) is 2.49. The third-order valence-electron chi connectivity index (χ3n) is 4.73. The van der Waals surface area contributed by atoms with Gasteiger partial charge in [0, 0.05) is 24.3 Å². The van der Waals surface area contributed by atoms with Gasteiger partial charge in [0.05, 0.1) is 0 Å². The van der Waals surface area contributed by atoms with Crippen molar-refractivity contribution in [3.8, 4) is 0 Å². The number of nitrogen functional groups attached to an aromatic ring is 1. The van der Waals surface area contributed by atoms with Crippen LogP contribution in [0.5, 0.6) is 0 Å². The summed E-state index contributed by atoms with van der Waals surface area (Å²) in [6.07, 6.45) is 4.00. The van der Waals surface area contributed by atoms with Crippen molar-refractivity contribution in [2.75, 3.05) is 33.4 Å². The van der Waals surface area contributed by atoms with Crippen molar-refractivity contribution in [1.82, 2.24) is 9.80 Å². The first-order valence-electron chi connectivity index (χ1n) is 7.14. The topological polar surface area (TPSA) is 32.5 Å². The molecule has 1 fully saturated rings. The lowest BCUT2D eigenvalue weighted by Crippen LogP contribution is -2.56. The molecule has 0 amide bonds. The zero-order chi connectivity index (χ0) is 14.0. The monoisotopic (exact) mass is 261 g/mol. The van der Waals surface area contributed by atoms with Crippen molar-refractivity contribution in [2.45, 2.75) is 38.3 Å². The van der Waals surface area contributed by atoms with Gasteiger partial charge in [-0.05, 0) is 64.5 Å². The zero-order valence-corrected chi connectivity index (χ0v) is 12.7. The maximum absolute atomic E-state index is 5.98. The van der Waals surface area contributed by atoms with E-state index in [1.54, 1.807) is 0 Å². The molecule has 2 N–H and O–H groups in total. The molecule has 1 aliphatic rings. The molecule has 0 aliphatic heterocycles. The molecule has 1 aromatic carbocycles. The standard InChI is InChI=1S/C16H27N3/c1-13-14(7-5-8-15(13)17)11-19(4)12-16(18(2)3)9-6-10-16/h5,7-8H,6,9-12,17H2,1-4H3. The van der Waals surface area contributed by atoms with E-state index in [2.05, 4.69) is 50.0 Å². The van der Waals surface area contributed by atoms with E-state index < -0.39 is 0 Å². The summed E-state index contributed by atoms with van der Waals surface area (Å²) in [5, 5.41) is 0. The van der Waals surface area contributed by atoms with Gasteiger partial charge >= 0.3 is 0 Å². The lowest BCUT2D eigenvalue weighted by Gasteiger charge is -2.49. The van der Waals surface area contributed by atoms with Crippen LogP contribution in [0.2, 0.25) is 0 Å². The van der Waals surface area contributed by atoms with E-state index in [1.165, 1.54) is 30.4 Å². The fourth-order valence-electron chi connectivity index (χ4n) is 3.06. The fourth-order valence-corrected chi connectivity index (χ4v) is 3.06. The second-order valence-electron chi connectivity index (χ2n) is 6.28. The maximum atomic E-state index is 5.98. The van der Waals surface area contributed by atoms with E-state index in [0.717, 1.165) is 18.8 Å². The first kappa shape index (κ1) is 14.4. The van der Waals surface area contributed by atoms with Crippen LogP contribution in [0.4, 0.5) is 5.69 Å². The smallest absolute Gasteiger partial charge is 0.0346 e. The van der Waals surface area contributed by atoms with Gasteiger partial charge in [0.25, 0.3) is 0 Å². The van der Waals surface area contributed by atoms with Crippen LogP contribution in [0.1, 0.15) is 30.4 Å². The Hall–Kier alpha value is -1.06. The molecule has 0 bridgehead atoms. The Morgan fingerprint density at radius 3 is 2.42 bits per heavy atom. The molecule has 0 spiro atoms. The minimum absolute atomic E-state index is 0.392. The number of nitrogens with zero attached hydrogens (tertiary/aromatic N) is 2. The molecule has 1 saturated carbocycles. The number of likely N-dealkylation sites (N-methyl/N-ethyl adjacent to an activating group) is 2. The maximum Gasteiger partial charge on any atom is 0.0346 e. The van der Waals surface area contributed by atoms with E-state index in [-0.39, 0.29) is 0 Å². The van der Waals surface area contributed by atoms with Gasteiger partial charge in [-0.1, -0.05) is 12.1 Å². The average molecular weight is 261 g/mol. The summed E-state index contributed by atoms with van der Waals surface area (Å²) in [5.41, 5.74) is 9.84. The largest absolute Gasteiger partial charge is 0.399 e. The molecule has 1 aliphatic carbocycles. The van der Waals surface area contributed by atoms with E-state index >= 15 is 0 Å². The Morgan fingerprint density at radius 1 is 1.21 bits per heavy atom. The van der Waals surface area contributed by atoms with Crippen molar-refractivity contribution >= 4 is 5.69 Å². The highest BCUT2D eigenvalue weighted by Crippen LogP contribution is 2.36. The van der Waals surface area contributed by atoms with Crippen LogP contribution in [-0.2, 0) is 6.54 Å². The normalized spacial score (nSPS) is 17.8. The van der Waals surface area contributed by atoms with Crippen LogP contribution >= 0.6 is 0 Å². The minimum atomic E-state index is 0.392. The van der Waals surface area contributed by atoms with Crippen LogP contribution < -0.4 is 5.73 Å². The van der Waals surface area contributed by atoms with Gasteiger partial charge in [0.2, 0.25) is 0 Å². The molecule has 0 heterocycles. The highest BCUT2D eigenvalue weighted by Gasteiger charge is 2.39. The summed E-state index contributed by atoms with van der Waals surface area (Å²) in [5.74, 6) is 0. The average Bonchev–Trinajstić information content (AvgIpc) is 2.29. The van der Waals surface area contributed by atoms with E-state index in [9.17, 15) is 0 Å². The molecular formula is C16H27N3. The number of anilines is 1. The Kier molecular flexibility index (Phi) is 4.16. The summed E-state index contributed by atoms with van der Waals surface area (Å²) in [6.45, 7) is 4.23. The third-order valence-corrected chi connectivity index (χ3v) is 4.73. The second-order valence-corrected chi connectivity index (χ2v) is 6.28. The summed E-state index contributed by atoms with van der Waals surface area (Å²) in [4.78, 5) is 4.83. The Balaban J connectivity index is 2.01. The van der Waals surface area contributed by atoms with Crippen LogP contribution in [-0.4, -0.2) is 43.0 Å². The molecule has 19 heavy (non-hydrogen) atoms. The van der Waals surface area contributed by atoms with E-state index in [1.807, 2.05) is 6.07 Å². The van der Waals surface area contributed by atoms with E-state index in [0.29, 0.717) is 5.54 Å². The van der Waals surface area contributed by atoms with Gasteiger partial charge in [-0.2, -0.15) is 0 Å². The first-order chi connectivity index (χ1) is 8.94. The molecule has 0 unspecified atom stereocenters. The second kappa shape index (κ2) is 5.51. The van der Waals surface area contributed by atoms with Crippen LogP contribution in [0.25, 0.3) is 0 Å². The highest BCUT2D eigenvalue weighted by molar-refractivity contribution is 5.49. The van der Waals surface area contributed by atoms with Crippen LogP contribution in [0, 0.1) is 6.92 Å². The predicted molar refractivity (Wildman–Crippen MR) is 82.2 cm³/mol. The molecule has 0 aromatic heterocycles. The summed E-state index contributed by atoms with van der Waals surface area (Å²) in [7, 11) is 6.63. The fraction of sp³-hybridized carbons (Fsp3) is 0.625. The van der Waals surface area contributed by atoms with Gasteiger partial charge in [0.15, 0.2) is 0 Å². The quantitative estimate of drug-likeness (QED) is 0.827. The van der Waals surface area contributed by atoms with Crippen LogP contribution in [0.15, 0.2) is 18.2 Å². The van der Waals surface area contributed by atoms with Gasteiger partial charge in [-0.25, -0.2) is 0 Å². The summed E-state index contributed by atoms with van der Waals surface area (Å²) in [6, 6.07) is 6.22. The van der Waals surface area contributed by atoms with Gasteiger partial charge < -0.3 is 15.5 Å². The van der Waals surface area contributed by atoms with Crippen molar-refractivity contribution in [1.29, 1.82) is 0 Å². The Labute approximate surface area is 117 Å². The number of hydrogen-bond donors (Lipinski definition) is 1. The van der Waals surface area contributed by atoms with Crippen LogP contribution in [0.3, 0.4) is 0 Å². The first-order valence-corrected chi connectivity index (χ1v) is 7.14. The van der Waals surface area contributed by atoms with Crippen molar-refractivity contribution in [3.63, 3.8) is 0 Å². The zero-order valence-electron chi connectivity index (χ0n) is 12.7. The summed E-state index contributed by atoms with van der Waals surface area (Å²) >= 11 is 0. The number of rotatable bonds is 5. The number of nitrogens with two attached hydrogens (primary N) is 1. The van der Waals surface area contributed by atoms with Crippen molar-refractivity contribution < 1.29 is 0 Å². The Bertz CT molecular complexity index is 436. The molecule has 2 rings (SSSR count). The SMILES string of the molecule is Cc1c(N)cccc1CN(C)CC1(N(C)C)CCC1. The molecule has 106 valence electrons. The van der Waals surface area contributed by atoms with Gasteiger partial charge in [0.1, 0.15) is 0 Å². The lowest BCUT2D eigenvalue weighted by molar-refractivity contribution is 0.0258. The molecule has 0 atom stereocenters. The van der Waals surface area contributed by atoms with Gasteiger partial charge in [-0.15, -0.1) is 0 Å². The van der Waals surface area contributed by atoms with Gasteiger partial charge in [-0.3, -0.25) is 0 Å². The molecule has 3 heteroatoms. The molecular weight excluding hydrogens is 234 g/mol. The highest BCUT2D eigenvalue weighted by atomic mass is 15.2.